The first-order valence-corrected chi connectivity index (χ1v) is 26.3. The lowest BCUT2D eigenvalue weighted by Gasteiger charge is -2.36. The van der Waals surface area contributed by atoms with Crippen LogP contribution in [0.4, 0.5) is 17.5 Å². The summed E-state index contributed by atoms with van der Waals surface area (Å²) in [6, 6.07) is 12.2. The van der Waals surface area contributed by atoms with Gasteiger partial charge in [0.05, 0.1) is 34.1 Å². The summed E-state index contributed by atoms with van der Waals surface area (Å²) in [5.41, 5.74) is 6.44. The van der Waals surface area contributed by atoms with Crippen molar-refractivity contribution in [1.82, 2.24) is 49.8 Å². The van der Waals surface area contributed by atoms with Crippen molar-refractivity contribution >= 4 is 69.4 Å². The van der Waals surface area contributed by atoms with Crippen molar-refractivity contribution in [3.05, 3.63) is 77.3 Å². The van der Waals surface area contributed by atoms with Crippen LogP contribution < -0.4 is 20.9 Å². The molecule has 4 N–H and O–H groups in total. The topological polar surface area (TPSA) is 211 Å². The monoisotopic (exact) mass is 1000 g/mol. The molecule has 3 atom stereocenters. The largest absolute Gasteiger partial charge is 0.391 e. The second kappa shape index (κ2) is 22.9. The van der Waals surface area contributed by atoms with Gasteiger partial charge in [-0.2, -0.15) is 4.98 Å². The number of aryl methyl sites for hydroxylation is 1. The summed E-state index contributed by atoms with van der Waals surface area (Å²) in [5, 5.41) is 20.6. The number of fused-ring (bicyclic) bond motifs is 1. The lowest BCUT2D eigenvalue weighted by molar-refractivity contribution is -0.144. The summed E-state index contributed by atoms with van der Waals surface area (Å²) in [6.07, 6.45) is 10.7. The number of hydrogen-bond donors (Lipinski definition) is 4. The molecule has 0 unspecified atom stereocenters. The average molecular weight is 1000 g/mol. The quantitative estimate of drug-likeness (QED) is 0.0683. The van der Waals surface area contributed by atoms with Crippen molar-refractivity contribution in [2.75, 3.05) is 57.0 Å². The number of anilines is 3. The van der Waals surface area contributed by atoms with Gasteiger partial charge < -0.3 is 45.2 Å². The zero-order valence-electron chi connectivity index (χ0n) is 42.5. The van der Waals surface area contributed by atoms with Crippen LogP contribution in [0.2, 0.25) is 0 Å². The maximum Gasteiger partial charge on any atom is 0.270 e. The van der Waals surface area contributed by atoms with Gasteiger partial charge in [-0.3, -0.25) is 24.0 Å². The molecule has 18 nitrogen and oxygen atoms in total. The minimum absolute atomic E-state index is 0.0109. The van der Waals surface area contributed by atoms with Crippen LogP contribution in [0, 0.1) is 12.3 Å². The molecular weight excluding hydrogens is 933 g/mol. The Morgan fingerprint density at radius 2 is 1.61 bits per heavy atom. The maximum atomic E-state index is 14.1. The summed E-state index contributed by atoms with van der Waals surface area (Å²) < 4.78 is 2.09. The van der Waals surface area contributed by atoms with E-state index in [-0.39, 0.29) is 61.5 Å². The van der Waals surface area contributed by atoms with Gasteiger partial charge in [-0.1, -0.05) is 70.7 Å². The second-order valence-electron chi connectivity index (χ2n) is 20.8. The zero-order chi connectivity index (χ0) is 51.1. The number of amides is 5. The molecule has 4 aromatic heterocycles. The molecule has 3 fully saturated rings. The summed E-state index contributed by atoms with van der Waals surface area (Å²) in [5.74, 6) is 0.107. The van der Waals surface area contributed by atoms with Crippen LogP contribution in [0.1, 0.15) is 119 Å². The molecule has 1 saturated carbocycles. The standard InChI is InChI=1S/C53H70N12O6S/c1-34-46(72-33-57-34)36-19-17-35(18-20-36)29-55-49(69)41-28-40(66)32-64(41)51(71)47(53(2,3)4)59-44(67)15-9-7-8-10-16-45(68)63-25-23-62(24-26-63)39-21-22-43(54-31-39)58-52-56-30-37-27-42(50(70)61(5)6)65(48(37)60-52)38-13-11-12-14-38/h17-22,27,30-31,33,38,40-41,47,66H,7-16,23-26,28-29,32H2,1-6H3,(H,55,69)(H,59,67)(H,54,56,58,60)/t40-,41+,47-/m1/s1. The fraction of sp³-hybridized carbons (Fsp3) is 0.528. The number of nitrogens with zero attached hydrogens (tertiary/aromatic N) is 9. The minimum atomic E-state index is -0.891. The summed E-state index contributed by atoms with van der Waals surface area (Å²) in [7, 11) is 3.53. The SMILES string of the molecule is Cc1ncsc1-c1ccc(CNC(=O)[C@@H]2C[C@@H](O)CN2C(=O)[C@@H](NC(=O)CCCCCCC(=O)N2CCN(c3ccc(Nc4ncc5cc(C(=O)N(C)C)n(C6CCCC6)c5n4)nc3)CC2)C(C)(C)C)cc1. The Hall–Kier alpha value is -6.47. The number of likely N-dealkylation sites (tertiary alicyclic amines) is 1. The van der Waals surface area contributed by atoms with Crippen molar-refractivity contribution in [1.29, 1.82) is 0 Å². The highest BCUT2D eigenvalue weighted by atomic mass is 32.1. The van der Waals surface area contributed by atoms with Gasteiger partial charge in [0.25, 0.3) is 5.91 Å². The Morgan fingerprint density at radius 1 is 0.889 bits per heavy atom. The van der Waals surface area contributed by atoms with E-state index in [1.165, 1.54) is 4.90 Å². The summed E-state index contributed by atoms with van der Waals surface area (Å²) in [4.78, 5) is 93.7. The fourth-order valence-corrected chi connectivity index (χ4v) is 10.9. The molecule has 2 aliphatic heterocycles. The Kier molecular flexibility index (Phi) is 16.5. The normalized spacial score (nSPS) is 17.8. The van der Waals surface area contributed by atoms with Crippen LogP contribution in [-0.4, -0.2) is 139 Å². The highest BCUT2D eigenvalue weighted by Crippen LogP contribution is 2.35. The number of hydrogen-bond acceptors (Lipinski definition) is 13. The molecule has 384 valence electrons. The molecule has 5 aromatic rings. The van der Waals surface area contributed by atoms with Gasteiger partial charge >= 0.3 is 0 Å². The predicted molar refractivity (Wildman–Crippen MR) is 279 cm³/mol. The number of aliphatic hydroxyl groups is 1. The number of carbonyl (C=O) groups excluding carboxylic acids is 5. The number of aliphatic hydroxyl groups excluding tert-OH is 1. The fourth-order valence-electron chi connectivity index (χ4n) is 10.1. The van der Waals surface area contributed by atoms with E-state index < -0.39 is 23.6 Å². The molecule has 19 heteroatoms. The van der Waals surface area contributed by atoms with Crippen LogP contribution >= 0.6 is 11.3 Å². The van der Waals surface area contributed by atoms with E-state index in [1.54, 1.807) is 36.5 Å². The number of carbonyl (C=O) groups is 5. The molecule has 0 radical (unpaired) electrons. The van der Waals surface area contributed by atoms with Crippen LogP contribution in [0.5, 0.6) is 0 Å². The van der Waals surface area contributed by atoms with E-state index in [0.717, 1.165) is 83.4 Å². The lowest BCUT2D eigenvalue weighted by Crippen LogP contribution is -2.57. The molecule has 5 amide bonds. The molecule has 2 saturated heterocycles. The number of piperazine rings is 1. The first-order chi connectivity index (χ1) is 34.5. The zero-order valence-corrected chi connectivity index (χ0v) is 43.3. The number of aromatic nitrogens is 5. The first-order valence-electron chi connectivity index (χ1n) is 25.4. The lowest BCUT2D eigenvalue weighted by atomic mass is 9.85. The first kappa shape index (κ1) is 51.9. The molecule has 0 bridgehead atoms. The number of pyridine rings is 1. The minimum Gasteiger partial charge on any atom is -0.391 e. The van der Waals surface area contributed by atoms with Gasteiger partial charge in [-0.25, -0.2) is 15.0 Å². The van der Waals surface area contributed by atoms with Crippen LogP contribution in [0.3, 0.4) is 0 Å². The molecule has 3 aliphatic rings. The van der Waals surface area contributed by atoms with E-state index in [2.05, 4.69) is 40.4 Å². The van der Waals surface area contributed by atoms with E-state index in [1.807, 2.05) is 86.8 Å². The van der Waals surface area contributed by atoms with Crippen molar-refractivity contribution < 1.29 is 29.1 Å². The van der Waals surface area contributed by atoms with Crippen molar-refractivity contribution in [3.63, 3.8) is 0 Å². The number of nitrogens with one attached hydrogen (secondary N) is 3. The van der Waals surface area contributed by atoms with Gasteiger partial charge in [0, 0.05) is 90.3 Å². The van der Waals surface area contributed by atoms with Crippen molar-refractivity contribution in [3.8, 4) is 10.4 Å². The molecule has 8 rings (SSSR count). The molecule has 72 heavy (non-hydrogen) atoms. The Morgan fingerprint density at radius 3 is 2.26 bits per heavy atom. The van der Waals surface area contributed by atoms with E-state index >= 15 is 0 Å². The number of rotatable bonds is 18. The molecular formula is C53H70N12O6S. The highest BCUT2D eigenvalue weighted by Gasteiger charge is 2.44. The Balaban J connectivity index is 0.737. The third-order valence-electron chi connectivity index (χ3n) is 14.1. The van der Waals surface area contributed by atoms with Gasteiger partial charge in [-0.05, 0) is 67.3 Å². The number of benzene rings is 1. The van der Waals surface area contributed by atoms with Gasteiger partial charge in [0.2, 0.25) is 29.6 Å². The molecule has 6 heterocycles. The van der Waals surface area contributed by atoms with Gasteiger partial charge in [0.15, 0.2) is 0 Å². The molecule has 0 spiro atoms. The number of β-amino-alcohol motifs (C(OH)–C–C–N with tert-alkyl or cyclic N) is 1. The van der Waals surface area contributed by atoms with Gasteiger partial charge in [-0.15, -0.1) is 11.3 Å². The number of unbranched alkanes of at least 4 members (excludes halogenated alkanes) is 3. The Bertz CT molecular complexity index is 2700. The molecule has 1 aliphatic carbocycles. The van der Waals surface area contributed by atoms with E-state index in [0.29, 0.717) is 56.5 Å². The van der Waals surface area contributed by atoms with Crippen molar-refractivity contribution in [2.24, 2.45) is 5.41 Å². The Labute approximate surface area is 426 Å². The average Bonchev–Trinajstić information content (AvgIpc) is 4.20. The van der Waals surface area contributed by atoms with Crippen LogP contribution in [0.15, 0.2) is 60.4 Å². The smallest absolute Gasteiger partial charge is 0.270 e. The maximum absolute atomic E-state index is 14.1. The summed E-state index contributed by atoms with van der Waals surface area (Å²) in [6.45, 7) is 10.5. The summed E-state index contributed by atoms with van der Waals surface area (Å²) >= 11 is 1.58. The van der Waals surface area contributed by atoms with E-state index in [4.69, 9.17) is 4.98 Å². The van der Waals surface area contributed by atoms with Crippen molar-refractivity contribution in [2.45, 2.75) is 129 Å². The van der Waals surface area contributed by atoms with E-state index in [9.17, 15) is 29.1 Å². The number of thiazole rings is 1. The predicted octanol–water partition coefficient (Wildman–Crippen LogP) is 6.62. The third kappa shape index (κ3) is 12.4. The molecule has 1 aromatic carbocycles. The highest BCUT2D eigenvalue weighted by molar-refractivity contribution is 7.13. The third-order valence-corrected chi connectivity index (χ3v) is 15.1. The van der Waals surface area contributed by atoms with Crippen LogP contribution in [-0.2, 0) is 25.7 Å². The van der Waals surface area contributed by atoms with Gasteiger partial charge in [0.1, 0.15) is 29.2 Å². The second-order valence-corrected chi connectivity index (χ2v) is 21.6. The van der Waals surface area contributed by atoms with Crippen LogP contribution in [0.25, 0.3) is 21.5 Å².